The molecule has 1 aliphatic carbocycles. The van der Waals surface area contributed by atoms with Gasteiger partial charge in [0.05, 0.1) is 0 Å². The topological polar surface area (TPSA) is 109 Å². The number of carbonyl (C=O) groups is 3. The molecule has 0 spiro atoms. The van der Waals surface area contributed by atoms with Crippen molar-refractivity contribution in [1.82, 2.24) is 21.5 Å². The molecule has 4 N–H and O–H groups in total. The SMILES string of the molecule is CC(C)(C)OC(=O)N[C@H](CC1CCCCC1)C(=O)NNC(=O)C1CCNCC1. The Bertz CT molecular complexity index is 535. The fourth-order valence-corrected chi connectivity index (χ4v) is 3.83. The Balaban J connectivity index is 1.90. The van der Waals surface area contributed by atoms with Crippen molar-refractivity contribution < 1.29 is 19.1 Å². The third kappa shape index (κ3) is 8.04. The van der Waals surface area contributed by atoms with E-state index in [0.717, 1.165) is 51.6 Å². The van der Waals surface area contributed by atoms with Crippen LogP contribution in [0.1, 0.15) is 72.1 Å². The molecular weight excluding hydrogens is 360 g/mol. The second-order valence-corrected chi connectivity index (χ2v) is 8.94. The number of hydrogen-bond donors (Lipinski definition) is 4. The number of rotatable bonds is 5. The highest BCUT2D eigenvalue weighted by molar-refractivity contribution is 5.88. The summed E-state index contributed by atoms with van der Waals surface area (Å²) in [4.78, 5) is 37.1. The van der Waals surface area contributed by atoms with Crippen LogP contribution in [0.2, 0.25) is 0 Å². The second-order valence-electron chi connectivity index (χ2n) is 8.94. The van der Waals surface area contributed by atoms with Crippen molar-refractivity contribution in [3.05, 3.63) is 0 Å². The van der Waals surface area contributed by atoms with E-state index in [4.69, 9.17) is 4.74 Å². The molecule has 0 radical (unpaired) electrons. The molecule has 28 heavy (non-hydrogen) atoms. The third-order valence-electron chi connectivity index (χ3n) is 5.32. The van der Waals surface area contributed by atoms with E-state index >= 15 is 0 Å². The molecule has 8 heteroatoms. The van der Waals surface area contributed by atoms with E-state index in [9.17, 15) is 14.4 Å². The minimum absolute atomic E-state index is 0.0999. The Labute approximate surface area is 167 Å². The predicted octanol–water partition coefficient (Wildman–Crippen LogP) is 2.00. The maximum Gasteiger partial charge on any atom is 0.408 e. The number of ether oxygens (including phenoxy) is 1. The summed E-state index contributed by atoms with van der Waals surface area (Å²) in [6.45, 7) is 6.94. The third-order valence-corrected chi connectivity index (χ3v) is 5.32. The fourth-order valence-electron chi connectivity index (χ4n) is 3.83. The lowest BCUT2D eigenvalue weighted by Gasteiger charge is -2.28. The van der Waals surface area contributed by atoms with E-state index < -0.39 is 23.6 Å². The van der Waals surface area contributed by atoms with Crippen LogP contribution in [0.15, 0.2) is 0 Å². The molecular formula is C20H36N4O4. The molecule has 1 saturated heterocycles. The van der Waals surface area contributed by atoms with E-state index in [0.29, 0.717) is 12.3 Å². The summed E-state index contributed by atoms with van der Waals surface area (Å²) in [6.07, 6.45) is 7.08. The molecule has 2 rings (SSSR count). The molecule has 2 aliphatic rings. The predicted molar refractivity (Wildman–Crippen MR) is 106 cm³/mol. The van der Waals surface area contributed by atoms with Gasteiger partial charge >= 0.3 is 6.09 Å². The van der Waals surface area contributed by atoms with Crippen LogP contribution in [-0.2, 0) is 14.3 Å². The van der Waals surface area contributed by atoms with Crippen LogP contribution >= 0.6 is 0 Å². The quantitative estimate of drug-likeness (QED) is 0.532. The minimum atomic E-state index is -0.730. The van der Waals surface area contributed by atoms with Gasteiger partial charge in [-0.15, -0.1) is 0 Å². The average Bonchev–Trinajstić information content (AvgIpc) is 2.65. The van der Waals surface area contributed by atoms with Crippen molar-refractivity contribution in [1.29, 1.82) is 0 Å². The highest BCUT2D eigenvalue weighted by Gasteiger charge is 2.29. The molecule has 0 aromatic carbocycles. The Hall–Kier alpha value is -1.83. The molecule has 0 aromatic rings. The molecule has 0 bridgehead atoms. The summed E-state index contributed by atoms with van der Waals surface area (Å²) >= 11 is 0. The molecule has 1 saturated carbocycles. The summed E-state index contributed by atoms with van der Waals surface area (Å²) in [5.41, 5.74) is 4.40. The van der Waals surface area contributed by atoms with E-state index in [2.05, 4.69) is 21.5 Å². The van der Waals surface area contributed by atoms with Crippen molar-refractivity contribution in [2.45, 2.75) is 83.8 Å². The van der Waals surface area contributed by atoms with Crippen LogP contribution in [0.4, 0.5) is 4.79 Å². The Morgan fingerprint density at radius 3 is 2.25 bits per heavy atom. The number of piperidine rings is 1. The lowest BCUT2D eigenvalue weighted by molar-refractivity contribution is -0.132. The number of amides is 3. The van der Waals surface area contributed by atoms with Crippen molar-refractivity contribution in [3.63, 3.8) is 0 Å². The average molecular weight is 397 g/mol. The van der Waals surface area contributed by atoms with Crippen LogP contribution < -0.4 is 21.5 Å². The van der Waals surface area contributed by atoms with Gasteiger partial charge in [0.15, 0.2) is 0 Å². The highest BCUT2D eigenvalue weighted by Crippen LogP contribution is 2.27. The number of nitrogens with one attached hydrogen (secondary N) is 4. The zero-order chi connectivity index (χ0) is 20.6. The van der Waals surface area contributed by atoms with Crippen LogP contribution in [0.3, 0.4) is 0 Å². The largest absolute Gasteiger partial charge is 0.444 e. The van der Waals surface area contributed by atoms with Gasteiger partial charge in [-0.2, -0.15) is 0 Å². The highest BCUT2D eigenvalue weighted by atomic mass is 16.6. The molecule has 1 atom stereocenters. The number of hydrazine groups is 1. The smallest absolute Gasteiger partial charge is 0.408 e. The van der Waals surface area contributed by atoms with Gasteiger partial charge in [-0.05, 0) is 59.0 Å². The first-order valence-corrected chi connectivity index (χ1v) is 10.5. The monoisotopic (exact) mass is 396 g/mol. The molecule has 8 nitrogen and oxygen atoms in total. The van der Waals surface area contributed by atoms with Gasteiger partial charge in [-0.1, -0.05) is 32.1 Å². The minimum Gasteiger partial charge on any atom is -0.444 e. The van der Waals surface area contributed by atoms with E-state index in [1.807, 2.05) is 0 Å². The van der Waals surface area contributed by atoms with Gasteiger partial charge in [0.1, 0.15) is 11.6 Å². The first-order valence-electron chi connectivity index (χ1n) is 10.5. The number of alkyl carbamates (subject to hydrolysis) is 1. The van der Waals surface area contributed by atoms with Gasteiger partial charge < -0.3 is 15.4 Å². The van der Waals surface area contributed by atoms with Crippen molar-refractivity contribution in [3.8, 4) is 0 Å². The van der Waals surface area contributed by atoms with Gasteiger partial charge in [0, 0.05) is 5.92 Å². The van der Waals surface area contributed by atoms with Crippen molar-refractivity contribution >= 4 is 17.9 Å². The maximum atomic E-state index is 12.7. The fraction of sp³-hybridized carbons (Fsp3) is 0.850. The van der Waals surface area contributed by atoms with Gasteiger partial charge in [-0.3, -0.25) is 20.4 Å². The van der Waals surface area contributed by atoms with Crippen molar-refractivity contribution in [2.24, 2.45) is 11.8 Å². The number of hydrogen-bond acceptors (Lipinski definition) is 5. The van der Waals surface area contributed by atoms with Crippen LogP contribution in [0.5, 0.6) is 0 Å². The first-order chi connectivity index (χ1) is 13.2. The molecule has 2 fully saturated rings. The first kappa shape index (κ1) is 22.5. The summed E-state index contributed by atoms with van der Waals surface area (Å²) in [7, 11) is 0. The molecule has 1 aliphatic heterocycles. The Morgan fingerprint density at radius 2 is 1.64 bits per heavy atom. The van der Waals surface area contributed by atoms with E-state index in [1.165, 1.54) is 6.42 Å². The van der Waals surface area contributed by atoms with Crippen LogP contribution in [0.25, 0.3) is 0 Å². The summed E-state index contributed by atoms with van der Waals surface area (Å²) in [5.74, 6) is -0.293. The zero-order valence-electron chi connectivity index (χ0n) is 17.4. The molecule has 0 aromatic heterocycles. The van der Waals surface area contributed by atoms with Crippen LogP contribution in [0, 0.1) is 11.8 Å². The summed E-state index contributed by atoms with van der Waals surface area (Å²) in [6, 6.07) is -0.730. The summed E-state index contributed by atoms with van der Waals surface area (Å²) < 4.78 is 5.30. The standard InChI is InChI=1S/C20H36N4O4/c1-20(2,3)28-19(27)22-16(13-14-7-5-4-6-8-14)18(26)24-23-17(25)15-9-11-21-12-10-15/h14-16,21H,4-13H2,1-3H3,(H,22,27)(H,23,25)(H,24,26)/t16-/m1/s1. The molecule has 0 unspecified atom stereocenters. The second kappa shape index (κ2) is 10.6. The zero-order valence-corrected chi connectivity index (χ0v) is 17.4. The van der Waals surface area contributed by atoms with Crippen LogP contribution in [-0.4, -0.2) is 42.6 Å². The van der Waals surface area contributed by atoms with E-state index in [-0.39, 0.29) is 11.8 Å². The van der Waals surface area contributed by atoms with Crippen molar-refractivity contribution in [2.75, 3.05) is 13.1 Å². The molecule has 160 valence electrons. The lowest BCUT2D eigenvalue weighted by atomic mass is 9.84. The summed E-state index contributed by atoms with van der Waals surface area (Å²) in [5, 5.41) is 5.90. The van der Waals surface area contributed by atoms with Gasteiger partial charge in [-0.25, -0.2) is 4.79 Å². The molecule has 3 amide bonds. The lowest BCUT2D eigenvalue weighted by Crippen LogP contribution is -2.54. The maximum absolute atomic E-state index is 12.7. The molecule has 1 heterocycles. The normalized spacial score (nSPS) is 20.1. The Morgan fingerprint density at radius 1 is 1.00 bits per heavy atom. The van der Waals surface area contributed by atoms with Gasteiger partial charge in [0.2, 0.25) is 5.91 Å². The van der Waals surface area contributed by atoms with Gasteiger partial charge in [0.25, 0.3) is 5.91 Å². The van der Waals surface area contributed by atoms with E-state index in [1.54, 1.807) is 20.8 Å². The Kier molecular flexibility index (Phi) is 8.54. The number of carbonyl (C=O) groups excluding carboxylic acids is 3.